The summed E-state index contributed by atoms with van der Waals surface area (Å²) in [4.78, 5) is 19.7. The average molecular weight is 516 g/mol. The van der Waals surface area contributed by atoms with Crippen molar-refractivity contribution in [2.45, 2.75) is 58.0 Å². The molecule has 0 saturated carbocycles. The number of likely N-dealkylation sites (N-methyl/N-ethyl adjacent to an activating group) is 2. The summed E-state index contributed by atoms with van der Waals surface area (Å²) < 4.78 is 7.21. The monoisotopic (exact) mass is 515 g/mol. The van der Waals surface area contributed by atoms with Gasteiger partial charge < -0.3 is 10.1 Å². The van der Waals surface area contributed by atoms with E-state index in [-0.39, 0.29) is 23.8 Å². The largest absolute Gasteiger partial charge is 0.378 e. The van der Waals surface area contributed by atoms with Crippen LogP contribution in [-0.2, 0) is 9.53 Å². The lowest BCUT2D eigenvalue weighted by atomic mass is 9.78. The van der Waals surface area contributed by atoms with Gasteiger partial charge in [0.1, 0.15) is 11.9 Å². The molecule has 1 aliphatic rings. The molecule has 1 amide bonds. The van der Waals surface area contributed by atoms with Crippen LogP contribution in [0.25, 0.3) is 28.2 Å². The molecule has 9 nitrogen and oxygen atoms in total. The first-order valence-corrected chi connectivity index (χ1v) is 13.2. The summed E-state index contributed by atoms with van der Waals surface area (Å²) in [6, 6.07) is 10.8. The molecule has 1 saturated heterocycles. The van der Waals surface area contributed by atoms with Crippen LogP contribution in [0.3, 0.4) is 0 Å². The summed E-state index contributed by atoms with van der Waals surface area (Å²) in [5, 5.41) is 15.3. The Labute approximate surface area is 223 Å². The van der Waals surface area contributed by atoms with Crippen LogP contribution in [-0.4, -0.2) is 74.5 Å². The maximum atomic E-state index is 13.2. The van der Waals surface area contributed by atoms with E-state index in [1.165, 1.54) is 0 Å². The molecule has 4 heterocycles. The zero-order chi connectivity index (χ0) is 27.2. The van der Waals surface area contributed by atoms with E-state index in [4.69, 9.17) is 9.84 Å². The molecule has 2 atom stereocenters. The molecular formula is C29H37N7O2. The highest BCUT2D eigenvalue weighted by atomic mass is 16.5. The Bertz CT molecular complexity index is 1450. The highest BCUT2D eigenvalue weighted by molar-refractivity contribution is 5.87. The number of hydrogen-bond acceptors (Lipinski definition) is 6. The SMILES string of the molecule is CNC(=O)C(C)([C@@H](C)c1ccc(-c2[nH]nc(-c3cc(C)c4ncnn4c3)c2C(C)C)cc1)N(C)C1COC1. The Kier molecular flexibility index (Phi) is 6.83. The molecule has 0 spiro atoms. The number of nitrogens with zero attached hydrogens (tertiary/aromatic N) is 5. The Morgan fingerprint density at radius 2 is 1.92 bits per heavy atom. The van der Waals surface area contributed by atoms with Crippen LogP contribution in [0.1, 0.15) is 56.2 Å². The molecule has 9 heteroatoms. The van der Waals surface area contributed by atoms with Gasteiger partial charge in [-0.1, -0.05) is 45.0 Å². The summed E-state index contributed by atoms with van der Waals surface area (Å²) >= 11 is 0. The lowest BCUT2D eigenvalue weighted by Crippen LogP contribution is -2.64. The van der Waals surface area contributed by atoms with Crippen molar-refractivity contribution >= 4 is 11.6 Å². The molecule has 1 unspecified atom stereocenters. The van der Waals surface area contributed by atoms with E-state index >= 15 is 0 Å². The molecule has 0 radical (unpaired) electrons. The van der Waals surface area contributed by atoms with E-state index in [2.05, 4.69) is 76.5 Å². The molecule has 4 aromatic rings. The van der Waals surface area contributed by atoms with Crippen molar-refractivity contribution < 1.29 is 9.53 Å². The van der Waals surface area contributed by atoms with Crippen LogP contribution in [0.4, 0.5) is 0 Å². The highest BCUT2D eigenvalue weighted by Crippen LogP contribution is 2.39. The van der Waals surface area contributed by atoms with Crippen LogP contribution in [0.15, 0.2) is 42.9 Å². The fourth-order valence-corrected chi connectivity index (χ4v) is 5.58. The predicted octanol–water partition coefficient (Wildman–Crippen LogP) is 4.16. The lowest BCUT2D eigenvalue weighted by molar-refractivity contribution is -0.143. The Hall–Kier alpha value is -3.56. The minimum atomic E-state index is -0.715. The van der Waals surface area contributed by atoms with Crippen LogP contribution in [0.5, 0.6) is 0 Å². The average Bonchev–Trinajstić information content (AvgIpc) is 3.54. The van der Waals surface area contributed by atoms with Gasteiger partial charge in [0.2, 0.25) is 5.91 Å². The van der Waals surface area contributed by atoms with Crippen molar-refractivity contribution in [3.8, 4) is 22.5 Å². The number of nitrogens with one attached hydrogen (secondary N) is 2. The number of H-pyrrole nitrogens is 1. The van der Waals surface area contributed by atoms with Crippen molar-refractivity contribution in [3.05, 3.63) is 59.5 Å². The van der Waals surface area contributed by atoms with Crippen molar-refractivity contribution in [2.75, 3.05) is 27.3 Å². The number of rotatable bonds is 8. The number of pyridine rings is 1. The topological polar surface area (TPSA) is 100 Å². The first-order chi connectivity index (χ1) is 18.2. The minimum absolute atomic E-state index is 0.00317. The van der Waals surface area contributed by atoms with E-state index in [0.29, 0.717) is 13.2 Å². The molecule has 2 N–H and O–H groups in total. The van der Waals surface area contributed by atoms with Gasteiger partial charge >= 0.3 is 0 Å². The van der Waals surface area contributed by atoms with Gasteiger partial charge in [-0.3, -0.25) is 14.8 Å². The lowest BCUT2D eigenvalue weighted by Gasteiger charge is -2.48. The van der Waals surface area contributed by atoms with E-state index < -0.39 is 5.54 Å². The van der Waals surface area contributed by atoms with Gasteiger partial charge in [-0.15, -0.1) is 0 Å². The first kappa shape index (κ1) is 26.1. The third kappa shape index (κ3) is 4.19. The van der Waals surface area contributed by atoms with Gasteiger partial charge in [-0.25, -0.2) is 9.50 Å². The van der Waals surface area contributed by atoms with Crippen molar-refractivity contribution in [2.24, 2.45) is 0 Å². The second-order valence-electron chi connectivity index (χ2n) is 10.8. The number of benzene rings is 1. The molecule has 1 fully saturated rings. The Morgan fingerprint density at radius 3 is 2.53 bits per heavy atom. The van der Waals surface area contributed by atoms with Gasteiger partial charge in [0, 0.05) is 30.3 Å². The fourth-order valence-electron chi connectivity index (χ4n) is 5.58. The normalized spacial score (nSPS) is 16.6. The maximum Gasteiger partial charge on any atom is 0.240 e. The van der Waals surface area contributed by atoms with Crippen LogP contribution in [0, 0.1) is 6.92 Å². The van der Waals surface area contributed by atoms with Crippen molar-refractivity contribution in [3.63, 3.8) is 0 Å². The van der Waals surface area contributed by atoms with Gasteiger partial charge in [0.25, 0.3) is 0 Å². The van der Waals surface area contributed by atoms with Gasteiger partial charge in [-0.05, 0) is 49.6 Å². The molecule has 3 aromatic heterocycles. The molecule has 0 bridgehead atoms. The second kappa shape index (κ2) is 9.96. The number of aromatic amines is 1. The number of amides is 1. The van der Waals surface area contributed by atoms with Crippen molar-refractivity contribution in [1.29, 1.82) is 0 Å². The predicted molar refractivity (Wildman–Crippen MR) is 148 cm³/mol. The quantitative estimate of drug-likeness (QED) is 0.366. The number of ether oxygens (including phenoxy) is 1. The summed E-state index contributed by atoms with van der Waals surface area (Å²) in [5.41, 5.74) is 7.43. The van der Waals surface area contributed by atoms with Crippen LogP contribution in [0.2, 0.25) is 0 Å². The zero-order valence-electron chi connectivity index (χ0n) is 23.2. The smallest absolute Gasteiger partial charge is 0.240 e. The van der Waals surface area contributed by atoms with Gasteiger partial charge in [-0.2, -0.15) is 10.2 Å². The van der Waals surface area contributed by atoms with E-state index in [9.17, 15) is 4.79 Å². The molecule has 0 aliphatic carbocycles. The molecule has 200 valence electrons. The maximum absolute atomic E-state index is 13.2. The van der Waals surface area contributed by atoms with E-state index in [1.54, 1.807) is 17.9 Å². The Balaban J connectivity index is 1.49. The van der Waals surface area contributed by atoms with Gasteiger partial charge in [0.05, 0.1) is 30.6 Å². The molecule has 1 aromatic carbocycles. The van der Waals surface area contributed by atoms with E-state index in [0.717, 1.165) is 44.9 Å². The second-order valence-corrected chi connectivity index (χ2v) is 10.8. The third-order valence-electron chi connectivity index (χ3n) is 8.34. The third-order valence-corrected chi connectivity index (χ3v) is 8.34. The summed E-state index contributed by atoms with van der Waals surface area (Å²) in [6.45, 7) is 11.9. The summed E-state index contributed by atoms with van der Waals surface area (Å²) in [6.07, 6.45) is 3.55. The highest BCUT2D eigenvalue weighted by Gasteiger charge is 2.46. The molecule has 5 rings (SSSR count). The number of aromatic nitrogens is 5. The van der Waals surface area contributed by atoms with E-state index in [1.807, 2.05) is 27.1 Å². The van der Waals surface area contributed by atoms with Gasteiger partial charge in [0.15, 0.2) is 5.65 Å². The zero-order valence-corrected chi connectivity index (χ0v) is 23.2. The number of carbonyl (C=O) groups is 1. The van der Waals surface area contributed by atoms with Crippen LogP contribution < -0.4 is 5.32 Å². The summed E-state index contributed by atoms with van der Waals surface area (Å²) in [7, 11) is 3.72. The standard InChI is InChI=1S/C29H37N7O2/c1-17(2)24-25(33-34-26(24)22-12-18(3)27-31-16-32-36(27)13-22)21-10-8-20(9-11-21)19(4)29(5,28(37)30-6)35(7)23-14-38-15-23/h8-13,16-17,19,23H,14-15H2,1-7H3,(H,30,37)(H,33,34)/t19-,29?/m0/s1. The molecule has 38 heavy (non-hydrogen) atoms. The van der Waals surface area contributed by atoms with Crippen molar-refractivity contribution in [1.82, 2.24) is 35.0 Å². The number of aryl methyl sites for hydroxylation is 1. The molecular weight excluding hydrogens is 478 g/mol. The van der Waals surface area contributed by atoms with Crippen LogP contribution >= 0.6 is 0 Å². The Morgan fingerprint density at radius 1 is 1.21 bits per heavy atom. The number of carbonyl (C=O) groups excluding carboxylic acids is 1. The first-order valence-electron chi connectivity index (χ1n) is 13.2. The minimum Gasteiger partial charge on any atom is -0.378 e. The summed E-state index contributed by atoms with van der Waals surface area (Å²) in [5.74, 6) is 0.212. The fraction of sp³-hybridized carbons (Fsp3) is 0.448. The number of fused-ring (bicyclic) bond motifs is 1. The molecule has 1 aliphatic heterocycles. The number of hydrogen-bond donors (Lipinski definition) is 2.